The van der Waals surface area contributed by atoms with Crippen LogP contribution in [0.15, 0.2) is 16.6 Å². The molecule has 1 aliphatic heterocycles. The second-order valence-corrected chi connectivity index (χ2v) is 4.90. The average Bonchev–Trinajstić information content (AvgIpc) is 2.44. The van der Waals surface area contributed by atoms with Crippen LogP contribution >= 0.6 is 15.9 Å². The Bertz CT molecular complexity index is 539. The van der Waals surface area contributed by atoms with E-state index in [1.54, 1.807) is 12.1 Å². The lowest BCUT2D eigenvalue weighted by Crippen LogP contribution is -2.33. The molecule has 0 saturated heterocycles. The topological polar surface area (TPSA) is 71.4 Å². The molecule has 19 heavy (non-hydrogen) atoms. The molecule has 6 heteroatoms. The summed E-state index contributed by atoms with van der Waals surface area (Å²) in [4.78, 5) is 12.0. The maximum atomic E-state index is 12.0. The zero-order valence-electron chi connectivity index (χ0n) is 10.4. The Kier molecular flexibility index (Phi) is 4.27. The van der Waals surface area contributed by atoms with E-state index in [9.17, 15) is 4.79 Å². The SMILES string of the molecule is CC[C@H](C#N)NC(=O)c1cc(Br)c2c(c1)OCCO2. The third-order valence-corrected chi connectivity index (χ3v) is 3.32. The molecule has 1 N–H and O–H groups in total. The molecule has 1 aromatic carbocycles. The lowest BCUT2D eigenvalue weighted by molar-refractivity contribution is 0.0943. The molecule has 0 spiro atoms. The summed E-state index contributed by atoms with van der Waals surface area (Å²) < 4.78 is 11.6. The van der Waals surface area contributed by atoms with Crippen LogP contribution in [0.1, 0.15) is 23.7 Å². The number of benzene rings is 1. The van der Waals surface area contributed by atoms with E-state index in [0.717, 1.165) is 0 Å². The Morgan fingerprint density at radius 3 is 2.95 bits per heavy atom. The highest BCUT2D eigenvalue weighted by Gasteiger charge is 2.20. The first-order valence-electron chi connectivity index (χ1n) is 5.95. The van der Waals surface area contributed by atoms with E-state index >= 15 is 0 Å². The first-order valence-corrected chi connectivity index (χ1v) is 6.74. The normalized spacial score (nSPS) is 14.4. The smallest absolute Gasteiger partial charge is 0.252 e. The molecule has 0 unspecified atom stereocenters. The van der Waals surface area contributed by atoms with Crippen molar-refractivity contribution in [2.45, 2.75) is 19.4 Å². The molecule has 5 nitrogen and oxygen atoms in total. The fourth-order valence-corrected chi connectivity index (χ4v) is 2.27. The second-order valence-electron chi connectivity index (χ2n) is 4.05. The highest BCUT2D eigenvalue weighted by Crippen LogP contribution is 2.38. The quantitative estimate of drug-likeness (QED) is 0.925. The van der Waals surface area contributed by atoms with E-state index in [0.29, 0.717) is 41.2 Å². The standard InChI is InChI=1S/C13H13BrN2O3/c1-2-9(7-15)16-13(17)8-5-10(14)12-11(6-8)18-3-4-19-12/h5-6,9H,2-4H2,1H3,(H,16,17)/t9-/m1/s1. The summed E-state index contributed by atoms with van der Waals surface area (Å²) in [6.45, 7) is 2.79. The fraction of sp³-hybridized carbons (Fsp3) is 0.385. The molecule has 1 atom stereocenters. The molecule has 1 aliphatic rings. The number of halogens is 1. The maximum absolute atomic E-state index is 12.0. The number of hydrogen-bond donors (Lipinski definition) is 1. The van der Waals surface area contributed by atoms with Crippen LogP contribution in [0.25, 0.3) is 0 Å². The van der Waals surface area contributed by atoms with Crippen LogP contribution in [-0.2, 0) is 0 Å². The number of rotatable bonds is 3. The molecule has 0 fully saturated rings. The molecule has 0 radical (unpaired) electrons. The van der Waals surface area contributed by atoms with Gasteiger partial charge in [0.15, 0.2) is 11.5 Å². The van der Waals surface area contributed by atoms with Crippen molar-refractivity contribution in [1.82, 2.24) is 5.32 Å². The van der Waals surface area contributed by atoms with Crippen LogP contribution in [0.4, 0.5) is 0 Å². The van der Waals surface area contributed by atoms with Crippen LogP contribution in [0.5, 0.6) is 11.5 Å². The largest absolute Gasteiger partial charge is 0.486 e. The van der Waals surface area contributed by atoms with E-state index in [1.807, 2.05) is 13.0 Å². The van der Waals surface area contributed by atoms with Gasteiger partial charge in [-0.1, -0.05) is 6.92 Å². The van der Waals surface area contributed by atoms with Crippen LogP contribution in [0, 0.1) is 11.3 Å². The summed E-state index contributed by atoms with van der Waals surface area (Å²) in [7, 11) is 0. The molecule has 0 saturated carbocycles. The maximum Gasteiger partial charge on any atom is 0.252 e. The van der Waals surface area contributed by atoms with Gasteiger partial charge in [0.2, 0.25) is 0 Å². The minimum absolute atomic E-state index is 0.300. The van der Waals surface area contributed by atoms with E-state index in [-0.39, 0.29) is 5.91 Å². The molecule has 1 amide bonds. The van der Waals surface area contributed by atoms with Crippen molar-refractivity contribution in [2.24, 2.45) is 0 Å². The number of carbonyl (C=O) groups is 1. The highest BCUT2D eigenvalue weighted by molar-refractivity contribution is 9.10. The van der Waals surface area contributed by atoms with Gasteiger partial charge in [-0.25, -0.2) is 0 Å². The highest BCUT2D eigenvalue weighted by atomic mass is 79.9. The lowest BCUT2D eigenvalue weighted by Gasteiger charge is -2.20. The summed E-state index contributed by atoms with van der Waals surface area (Å²) in [5, 5.41) is 11.5. The number of ether oxygens (including phenoxy) is 2. The zero-order chi connectivity index (χ0) is 13.8. The predicted octanol–water partition coefficient (Wildman–Crippen LogP) is 2.25. The van der Waals surface area contributed by atoms with Crippen molar-refractivity contribution >= 4 is 21.8 Å². The van der Waals surface area contributed by atoms with Gasteiger partial charge >= 0.3 is 0 Å². The molecular weight excluding hydrogens is 312 g/mol. The molecule has 0 bridgehead atoms. The molecule has 1 aromatic rings. The first kappa shape index (κ1) is 13.7. The molecule has 2 rings (SSSR count). The van der Waals surface area contributed by atoms with Crippen molar-refractivity contribution < 1.29 is 14.3 Å². The van der Waals surface area contributed by atoms with Gasteiger partial charge in [-0.2, -0.15) is 5.26 Å². The van der Waals surface area contributed by atoms with E-state index in [1.165, 1.54) is 0 Å². The Morgan fingerprint density at radius 2 is 2.26 bits per heavy atom. The number of hydrogen-bond acceptors (Lipinski definition) is 4. The fourth-order valence-electron chi connectivity index (χ4n) is 1.71. The van der Waals surface area contributed by atoms with Gasteiger partial charge in [-0.15, -0.1) is 0 Å². The number of nitrogens with one attached hydrogen (secondary N) is 1. The van der Waals surface area contributed by atoms with Crippen molar-refractivity contribution in [3.05, 3.63) is 22.2 Å². The minimum atomic E-state index is -0.487. The van der Waals surface area contributed by atoms with Gasteiger partial charge in [-0.3, -0.25) is 4.79 Å². The number of amides is 1. The molecular formula is C13H13BrN2O3. The van der Waals surface area contributed by atoms with Crippen molar-refractivity contribution in [3.8, 4) is 17.6 Å². The number of nitriles is 1. The molecule has 1 heterocycles. The Balaban J connectivity index is 2.24. The minimum Gasteiger partial charge on any atom is -0.486 e. The third kappa shape index (κ3) is 2.99. The van der Waals surface area contributed by atoms with Gasteiger partial charge in [0.25, 0.3) is 5.91 Å². The summed E-state index contributed by atoms with van der Waals surface area (Å²) >= 11 is 3.35. The number of nitrogens with zero attached hydrogens (tertiary/aromatic N) is 1. The van der Waals surface area contributed by atoms with Gasteiger partial charge in [-0.05, 0) is 34.5 Å². The summed E-state index contributed by atoms with van der Waals surface area (Å²) in [6.07, 6.45) is 0.563. The average molecular weight is 325 g/mol. The van der Waals surface area contributed by atoms with Crippen LogP contribution in [0.3, 0.4) is 0 Å². The first-order chi connectivity index (χ1) is 9.15. The number of fused-ring (bicyclic) bond motifs is 1. The predicted molar refractivity (Wildman–Crippen MR) is 72.3 cm³/mol. The Hall–Kier alpha value is -1.74. The lowest BCUT2D eigenvalue weighted by atomic mass is 10.1. The van der Waals surface area contributed by atoms with E-state index < -0.39 is 6.04 Å². The molecule has 0 aromatic heterocycles. The summed E-state index contributed by atoms with van der Waals surface area (Å²) in [5.41, 5.74) is 0.435. The van der Waals surface area contributed by atoms with Crippen molar-refractivity contribution in [2.75, 3.05) is 13.2 Å². The van der Waals surface area contributed by atoms with Gasteiger partial charge < -0.3 is 14.8 Å². The number of carbonyl (C=O) groups excluding carboxylic acids is 1. The zero-order valence-corrected chi connectivity index (χ0v) is 12.0. The van der Waals surface area contributed by atoms with Crippen molar-refractivity contribution in [1.29, 1.82) is 5.26 Å². The summed E-state index contributed by atoms with van der Waals surface area (Å²) in [6, 6.07) is 4.83. The molecule has 100 valence electrons. The Morgan fingerprint density at radius 1 is 1.53 bits per heavy atom. The van der Waals surface area contributed by atoms with Gasteiger partial charge in [0.1, 0.15) is 19.3 Å². The van der Waals surface area contributed by atoms with Crippen LogP contribution in [0.2, 0.25) is 0 Å². The monoisotopic (exact) mass is 324 g/mol. The van der Waals surface area contributed by atoms with E-state index in [2.05, 4.69) is 21.2 Å². The van der Waals surface area contributed by atoms with Gasteiger partial charge in [0, 0.05) is 5.56 Å². The van der Waals surface area contributed by atoms with E-state index in [4.69, 9.17) is 14.7 Å². The second kappa shape index (κ2) is 5.93. The van der Waals surface area contributed by atoms with Crippen molar-refractivity contribution in [3.63, 3.8) is 0 Å². The van der Waals surface area contributed by atoms with Gasteiger partial charge in [0.05, 0.1) is 10.5 Å². The van der Waals surface area contributed by atoms with Crippen LogP contribution < -0.4 is 14.8 Å². The Labute approximate surface area is 119 Å². The molecule has 0 aliphatic carbocycles. The third-order valence-electron chi connectivity index (χ3n) is 2.73. The van der Waals surface area contributed by atoms with Crippen LogP contribution in [-0.4, -0.2) is 25.2 Å². The summed E-state index contributed by atoms with van der Waals surface area (Å²) in [5.74, 6) is 0.844.